The summed E-state index contributed by atoms with van der Waals surface area (Å²) in [7, 11) is 1.67. The lowest BCUT2D eigenvalue weighted by atomic mass is 9.87. The zero-order valence-electron chi connectivity index (χ0n) is 25.5. The molecule has 3 aromatic rings. The predicted octanol–water partition coefficient (Wildman–Crippen LogP) is 4.07. The first-order chi connectivity index (χ1) is 21.6. The molecule has 232 valence electrons. The van der Waals surface area contributed by atoms with Crippen molar-refractivity contribution in [1.82, 2.24) is 10.2 Å². The third-order valence-corrected chi connectivity index (χ3v) is 8.86. The number of nitrogens with zero attached hydrogens (tertiary/aromatic N) is 3. The highest BCUT2D eigenvalue weighted by Crippen LogP contribution is 2.34. The zero-order valence-corrected chi connectivity index (χ0v) is 25.5. The summed E-state index contributed by atoms with van der Waals surface area (Å²) in [5.41, 5.74) is 4.91. The van der Waals surface area contributed by atoms with Gasteiger partial charge in [0.25, 0.3) is 11.8 Å². The number of amides is 2. The first-order valence-electron chi connectivity index (χ1n) is 15.7. The van der Waals surface area contributed by atoms with Crippen molar-refractivity contribution in [2.45, 2.75) is 31.5 Å². The summed E-state index contributed by atoms with van der Waals surface area (Å²) in [6, 6.07) is 24.5. The lowest BCUT2D eigenvalue weighted by Crippen LogP contribution is -2.48. The Kier molecular flexibility index (Phi) is 9.75. The first-order valence-corrected chi connectivity index (χ1v) is 15.7. The van der Waals surface area contributed by atoms with Gasteiger partial charge in [0, 0.05) is 70.2 Å². The van der Waals surface area contributed by atoms with Gasteiger partial charge in [0.15, 0.2) is 6.61 Å². The highest BCUT2D eigenvalue weighted by atomic mass is 16.5. The average Bonchev–Trinajstić information content (AvgIpc) is 3.08. The molecule has 2 atom stereocenters. The second-order valence-corrected chi connectivity index (χ2v) is 11.7. The van der Waals surface area contributed by atoms with E-state index in [9.17, 15) is 9.59 Å². The molecule has 2 amide bonds. The standard InChI is InChI=1S/C35H42N4O5/c1-42-21-5-16-39-31-22-26(8-13-32(31)44-25-34(39)40)24-43-33-23-36-15-14-30(33)27-9-11-28(12-10-27)35(41)38-19-17-37(18-20-38)29-6-3-2-4-7-29/h2-4,6-13,22,30,33,36H,5,14-21,23-25H2,1H3/t30-,33+/m1/s1. The van der Waals surface area contributed by atoms with E-state index in [1.807, 2.05) is 41.3 Å². The van der Waals surface area contributed by atoms with Crippen molar-refractivity contribution in [3.63, 3.8) is 0 Å². The quantitative estimate of drug-likeness (QED) is 0.353. The Bertz CT molecular complexity index is 1410. The molecular weight excluding hydrogens is 556 g/mol. The molecule has 0 aliphatic carbocycles. The van der Waals surface area contributed by atoms with E-state index in [1.165, 1.54) is 11.3 Å². The van der Waals surface area contributed by atoms with E-state index in [4.69, 9.17) is 14.2 Å². The van der Waals surface area contributed by atoms with Gasteiger partial charge in [-0.15, -0.1) is 0 Å². The number of hydrogen-bond donors (Lipinski definition) is 1. The van der Waals surface area contributed by atoms with Gasteiger partial charge in [-0.3, -0.25) is 9.59 Å². The number of hydrogen-bond acceptors (Lipinski definition) is 7. The topological polar surface area (TPSA) is 83.6 Å². The van der Waals surface area contributed by atoms with Gasteiger partial charge in [0.1, 0.15) is 5.75 Å². The Balaban J connectivity index is 1.07. The highest BCUT2D eigenvalue weighted by molar-refractivity contribution is 5.98. The Labute approximate surface area is 259 Å². The van der Waals surface area contributed by atoms with E-state index in [-0.39, 0.29) is 30.4 Å². The molecule has 0 saturated carbocycles. The Morgan fingerprint density at radius 1 is 1.00 bits per heavy atom. The molecule has 3 heterocycles. The number of carbonyl (C=O) groups is 2. The SMILES string of the molecule is COCCCN1C(=O)COc2ccc(CO[C@H]3CNCC[C@@H]3c3ccc(C(=O)N4CCN(c5ccccc5)CC4)cc3)cc21. The minimum absolute atomic E-state index is 0.0110. The van der Waals surface area contributed by atoms with E-state index >= 15 is 0 Å². The number of rotatable bonds is 10. The molecule has 44 heavy (non-hydrogen) atoms. The lowest BCUT2D eigenvalue weighted by Gasteiger charge is -2.36. The van der Waals surface area contributed by atoms with Crippen LogP contribution in [-0.4, -0.2) is 89.0 Å². The summed E-state index contributed by atoms with van der Waals surface area (Å²) < 4.78 is 17.4. The fraction of sp³-hybridized carbons (Fsp3) is 0.429. The van der Waals surface area contributed by atoms with E-state index in [0.717, 1.165) is 61.6 Å². The molecule has 9 nitrogen and oxygen atoms in total. The van der Waals surface area contributed by atoms with Gasteiger partial charge in [-0.05, 0) is 66.9 Å². The maximum Gasteiger partial charge on any atom is 0.265 e. The van der Waals surface area contributed by atoms with E-state index in [0.29, 0.717) is 32.8 Å². The third kappa shape index (κ3) is 6.90. The number of piperazine rings is 1. The Morgan fingerprint density at radius 2 is 1.80 bits per heavy atom. The van der Waals surface area contributed by atoms with Crippen LogP contribution in [0.1, 0.15) is 40.2 Å². The lowest BCUT2D eigenvalue weighted by molar-refractivity contribution is -0.121. The number of methoxy groups -OCH3 is 1. The molecule has 2 saturated heterocycles. The first kappa shape index (κ1) is 30.1. The number of fused-ring (bicyclic) bond motifs is 1. The summed E-state index contributed by atoms with van der Waals surface area (Å²) >= 11 is 0. The second-order valence-electron chi connectivity index (χ2n) is 11.7. The molecule has 0 aromatic heterocycles. The maximum absolute atomic E-state index is 13.3. The fourth-order valence-electron chi connectivity index (χ4n) is 6.40. The molecule has 2 fully saturated rings. The van der Waals surface area contributed by atoms with Crippen molar-refractivity contribution in [2.75, 3.05) is 75.9 Å². The number of para-hydroxylation sites is 1. The molecule has 3 aliphatic heterocycles. The predicted molar refractivity (Wildman–Crippen MR) is 171 cm³/mol. The Morgan fingerprint density at radius 3 is 2.57 bits per heavy atom. The van der Waals surface area contributed by atoms with Gasteiger partial charge in [-0.2, -0.15) is 0 Å². The number of piperidine rings is 1. The number of anilines is 2. The highest BCUT2D eigenvalue weighted by Gasteiger charge is 2.29. The van der Waals surface area contributed by atoms with Crippen molar-refractivity contribution >= 4 is 23.2 Å². The van der Waals surface area contributed by atoms with Gasteiger partial charge >= 0.3 is 0 Å². The maximum atomic E-state index is 13.3. The van der Waals surface area contributed by atoms with Crippen molar-refractivity contribution < 1.29 is 23.8 Å². The molecule has 0 bridgehead atoms. The van der Waals surface area contributed by atoms with Gasteiger partial charge in [-0.1, -0.05) is 36.4 Å². The summed E-state index contributed by atoms with van der Waals surface area (Å²) in [4.78, 5) is 32.0. The largest absolute Gasteiger partial charge is 0.482 e. The van der Waals surface area contributed by atoms with Crippen LogP contribution in [0.25, 0.3) is 0 Å². The normalized spacial score (nSPS) is 20.3. The molecule has 3 aliphatic rings. The minimum atomic E-state index is -0.0420. The number of benzene rings is 3. The molecule has 0 radical (unpaired) electrons. The summed E-state index contributed by atoms with van der Waals surface area (Å²) in [5, 5.41) is 3.48. The van der Waals surface area contributed by atoms with Crippen LogP contribution in [0.2, 0.25) is 0 Å². The molecule has 3 aromatic carbocycles. The summed E-state index contributed by atoms with van der Waals surface area (Å²) in [5.74, 6) is 0.992. The van der Waals surface area contributed by atoms with Gasteiger partial charge in [0.2, 0.25) is 0 Å². The van der Waals surface area contributed by atoms with Gasteiger partial charge < -0.3 is 34.2 Å². The monoisotopic (exact) mass is 598 g/mol. The van der Waals surface area contributed by atoms with Gasteiger partial charge in [0.05, 0.1) is 18.4 Å². The number of nitrogens with one attached hydrogen (secondary N) is 1. The van der Waals surface area contributed by atoms with Crippen molar-refractivity contribution in [1.29, 1.82) is 0 Å². The van der Waals surface area contributed by atoms with Crippen LogP contribution in [0.15, 0.2) is 72.8 Å². The second kappa shape index (κ2) is 14.2. The Hall–Kier alpha value is -3.92. The van der Waals surface area contributed by atoms with E-state index in [2.05, 4.69) is 46.6 Å². The van der Waals surface area contributed by atoms with Crippen LogP contribution in [0.5, 0.6) is 5.75 Å². The third-order valence-electron chi connectivity index (χ3n) is 8.86. The van der Waals surface area contributed by atoms with Crippen LogP contribution < -0.4 is 19.9 Å². The molecular formula is C35H42N4O5. The molecule has 6 rings (SSSR count). The average molecular weight is 599 g/mol. The van der Waals surface area contributed by atoms with Crippen LogP contribution >= 0.6 is 0 Å². The molecule has 9 heteroatoms. The zero-order chi connectivity index (χ0) is 30.3. The smallest absolute Gasteiger partial charge is 0.265 e. The molecule has 0 spiro atoms. The fourth-order valence-corrected chi connectivity index (χ4v) is 6.40. The molecule has 1 N–H and O–H groups in total. The molecule has 0 unspecified atom stereocenters. The summed E-state index contributed by atoms with van der Waals surface area (Å²) in [6.45, 7) is 6.45. The summed E-state index contributed by atoms with van der Waals surface area (Å²) in [6.07, 6.45) is 1.70. The van der Waals surface area contributed by atoms with Crippen LogP contribution in [0.3, 0.4) is 0 Å². The number of ether oxygens (including phenoxy) is 3. The van der Waals surface area contributed by atoms with Crippen molar-refractivity contribution in [3.8, 4) is 5.75 Å². The van der Waals surface area contributed by atoms with Crippen LogP contribution in [0.4, 0.5) is 11.4 Å². The van der Waals surface area contributed by atoms with Gasteiger partial charge in [-0.25, -0.2) is 0 Å². The van der Waals surface area contributed by atoms with Crippen molar-refractivity contribution in [2.24, 2.45) is 0 Å². The van der Waals surface area contributed by atoms with E-state index in [1.54, 1.807) is 12.0 Å². The number of carbonyl (C=O) groups excluding carboxylic acids is 2. The van der Waals surface area contributed by atoms with Crippen LogP contribution in [0, 0.1) is 0 Å². The minimum Gasteiger partial charge on any atom is -0.482 e. The van der Waals surface area contributed by atoms with E-state index < -0.39 is 0 Å². The van der Waals surface area contributed by atoms with Crippen molar-refractivity contribution in [3.05, 3.63) is 89.5 Å². The van der Waals surface area contributed by atoms with Crippen LogP contribution in [-0.2, 0) is 20.9 Å².